The standard InChI is InChI=1S/C27H28N6O3/c1-36-25-19(17-14-29-33(15-17)18-5-2-3-6-18)7-4-8-21(25)30-22-13-23(32-26(34)16-9-10-16)31-20-11-12-28-27(35)24(20)22/h4,7-8,11-16,18H,2-3,5-6,9-10H2,1H3,(H,28,35)(H2,30,31,32,34). The topological polar surface area (TPSA) is 114 Å². The lowest BCUT2D eigenvalue weighted by Crippen LogP contribution is -2.16. The number of hydrogen-bond acceptors (Lipinski definition) is 6. The van der Waals surface area contributed by atoms with Crippen LogP contribution in [0, 0.1) is 5.92 Å². The summed E-state index contributed by atoms with van der Waals surface area (Å²) < 4.78 is 7.91. The number of anilines is 3. The minimum absolute atomic E-state index is 0.0417. The number of H-pyrrole nitrogens is 1. The molecule has 0 bridgehead atoms. The summed E-state index contributed by atoms with van der Waals surface area (Å²) in [5.41, 5.74) is 3.32. The molecule has 1 amide bonds. The molecular weight excluding hydrogens is 456 g/mol. The number of benzene rings is 1. The molecule has 3 aromatic heterocycles. The van der Waals surface area contributed by atoms with Crippen LogP contribution < -0.4 is 20.9 Å². The van der Waals surface area contributed by atoms with E-state index in [0.717, 1.165) is 36.8 Å². The van der Waals surface area contributed by atoms with E-state index in [1.165, 1.54) is 12.8 Å². The molecule has 4 aromatic rings. The third kappa shape index (κ3) is 4.21. The summed E-state index contributed by atoms with van der Waals surface area (Å²) in [7, 11) is 1.63. The molecule has 9 nitrogen and oxygen atoms in total. The third-order valence-electron chi connectivity index (χ3n) is 7.03. The number of nitrogens with one attached hydrogen (secondary N) is 3. The van der Waals surface area contributed by atoms with Crippen LogP contribution in [-0.4, -0.2) is 32.8 Å². The average Bonchev–Trinajstić information content (AvgIpc) is 3.36. The number of aromatic amines is 1. The van der Waals surface area contributed by atoms with Gasteiger partial charge in [0.1, 0.15) is 11.6 Å². The van der Waals surface area contributed by atoms with Gasteiger partial charge in [0.25, 0.3) is 5.56 Å². The Balaban J connectivity index is 1.39. The maximum absolute atomic E-state index is 12.7. The second-order valence-corrected chi connectivity index (χ2v) is 9.54. The van der Waals surface area contributed by atoms with Gasteiger partial charge in [-0.15, -0.1) is 0 Å². The first-order chi connectivity index (χ1) is 17.6. The summed E-state index contributed by atoms with van der Waals surface area (Å²) >= 11 is 0. The Labute approximate surface area is 207 Å². The largest absolute Gasteiger partial charge is 0.494 e. The maximum Gasteiger partial charge on any atom is 0.259 e. The van der Waals surface area contributed by atoms with Crippen molar-refractivity contribution in [2.24, 2.45) is 5.92 Å². The van der Waals surface area contributed by atoms with Crippen molar-refractivity contribution in [2.45, 2.75) is 44.6 Å². The number of nitrogens with zero attached hydrogens (tertiary/aromatic N) is 3. The van der Waals surface area contributed by atoms with Crippen LogP contribution in [0.2, 0.25) is 0 Å². The first-order valence-corrected chi connectivity index (χ1v) is 12.4. The van der Waals surface area contributed by atoms with Crippen LogP contribution in [0.15, 0.2) is 53.7 Å². The van der Waals surface area contributed by atoms with E-state index in [-0.39, 0.29) is 17.4 Å². The third-order valence-corrected chi connectivity index (χ3v) is 7.03. The number of amides is 1. The van der Waals surface area contributed by atoms with E-state index in [2.05, 4.69) is 36.6 Å². The van der Waals surface area contributed by atoms with E-state index in [9.17, 15) is 9.59 Å². The van der Waals surface area contributed by atoms with Gasteiger partial charge < -0.3 is 20.4 Å². The van der Waals surface area contributed by atoms with Crippen molar-refractivity contribution in [1.82, 2.24) is 19.7 Å². The van der Waals surface area contributed by atoms with Crippen molar-refractivity contribution in [3.05, 3.63) is 59.3 Å². The zero-order valence-corrected chi connectivity index (χ0v) is 20.1. The lowest BCUT2D eigenvalue weighted by atomic mass is 10.1. The monoisotopic (exact) mass is 484 g/mol. The molecule has 6 rings (SSSR count). The number of methoxy groups -OCH3 is 1. The first-order valence-electron chi connectivity index (χ1n) is 12.4. The van der Waals surface area contributed by atoms with E-state index in [1.54, 1.807) is 25.4 Å². The van der Waals surface area contributed by atoms with Gasteiger partial charge in [-0.05, 0) is 37.8 Å². The molecule has 0 radical (unpaired) electrons. The lowest BCUT2D eigenvalue weighted by molar-refractivity contribution is -0.117. The van der Waals surface area contributed by atoms with E-state index in [1.807, 2.05) is 24.4 Å². The molecule has 1 aromatic carbocycles. The Morgan fingerprint density at radius 1 is 1.14 bits per heavy atom. The molecule has 184 valence electrons. The van der Waals surface area contributed by atoms with Gasteiger partial charge in [0.15, 0.2) is 0 Å². The number of carbonyl (C=O) groups excluding carboxylic acids is 1. The maximum atomic E-state index is 12.7. The van der Waals surface area contributed by atoms with Gasteiger partial charge in [0, 0.05) is 35.5 Å². The van der Waals surface area contributed by atoms with Crippen molar-refractivity contribution in [1.29, 1.82) is 0 Å². The molecule has 0 unspecified atom stereocenters. The summed E-state index contributed by atoms with van der Waals surface area (Å²) in [6.07, 6.45) is 12.1. The van der Waals surface area contributed by atoms with Crippen LogP contribution in [0.3, 0.4) is 0 Å². The van der Waals surface area contributed by atoms with E-state index >= 15 is 0 Å². The van der Waals surface area contributed by atoms with Crippen molar-refractivity contribution < 1.29 is 9.53 Å². The molecule has 3 N–H and O–H groups in total. The second kappa shape index (κ2) is 9.14. The number of hydrogen-bond donors (Lipinski definition) is 3. The molecular formula is C27H28N6O3. The summed E-state index contributed by atoms with van der Waals surface area (Å²) in [5.74, 6) is 1.04. The Hall–Kier alpha value is -4.14. The van der Waals surface area contributed by atoms with Crippen LogP contribution in [0.1, 0.15) is 44.6 Å². The van der Waals surface area contributed by atoms with E-state index in [0.29, 0.717) is 39.9 Å². The summed E-state index contributed by atoms with van der Waals surface area (Å²) in [6, 6.07) is 9.71. The molecule has 0 atom stereocenters. The number of carbonyl (C=O) groups is 1. The molecule has 0 spiro atoms. The fourth-order valence-corrected chi connectivity index (χ4v) is 5.00. The lowest BCUT2D eigenvalue weighted by Gasteiger charge is -2.16. The van der Waals surface area contributed by atoms with Crippen LogP contribution in [0.4, 0.5) is 17.2 Å². The first kappa shape index (κ1) is 22.3. The fraction of sp³-hybridized carbons (Fsp3) is 0.333. The van der Waals surface area contributed by atoms with E-state index in [4.69, 9.17) is 4.74 Å². The Bertz CT molecular complexity index is 1500. The molecule has 9 heteroatoms. The molecule has 2 saturated carbocycles. The van der Waals surface area contributed by atoms with Gasteiger partial charge in [0.05, 0.1) is 41.6 Å². The highest BCUT2D eigenvalue weighted by Crippen LogP contribution is 2.40. The van der Waals surface area contributed by atoms with Crippen LogP contribution in [-0.2, 0) is 4.79 Å². The summed E-state index contributed by atoms with van der Waals surface area (Å²) in [5, 5.41) is 11.3. The number of fused-ring (bicyclic) bond motifs is 1. The van der Waals surface area contributed by atoms with Gasteiger partial charge in [-0.1, -0.05) is 25.0 Å². The van der Waals surface area contributed by atoms with Crippen molar-refractivity contribution in [2.75, 3.05) is 17.7 Å². The van der Waals surface area contributed by atoms with Crippen LogP contribution >= 0.6 is 0 Å². The predicted octanol–water partition coefficient (Wildman–Crippen LogP) is 5.00. The zero-order valence-electron chi connectivity index (χ0n) is 20.1. The summed E-state index contributed by atoms with van der Waals surface area (Å²) in [6.45, 7) is 0. The smallest absolute Gasteiger partial charge is 0.259 e. The van der Waals surface area contributed by atoms with Crippen LogP contribution in [0.25, 0.3) is 22.0 Å². The Kier molecular flexibility index (Phi) is 5.67. The van der Waals surface area contributed by atoms with Gasteiger partial charge in [-0.25, -0.2) is 4.98 Å². The number of para-hydroxylation sites is 1. The highest BCUT2D eigenvalue weighted by Gasteiger charge is 2.30. The van der Waals surface area contributed by atoms with Gasteiger partial charge in [-0.3, -0.25) is 14.3 Å². The number of rotatable bonds is 7. The molecule has 3 heterocycles. The van der Waals surface area contributed by atoms with Gasteiger partial charge >= 0.3 is 0 Å². The normalized spacial score (nSPS) is 15.8. The number of ether oxygens (including phenoxy) is 1. The molecule has 36 heavy (non-hydrogen) atoms. The zero-order chi connectivity index (χ0) is 24.6. The van der Waals surface area contributed by atoms with Gasteiger partial charge in [-0.2, -0.15) is 5.10 Å². The number of aromatic nitrogens is 4. The molecule has 2 aliphatic carbocycles. The quantitative estimate of drug-likeness (QED) is 0.340. The van der Waals surface area contributed by atoms with Crippen molar-refractivity contribution in [3.8, 4) is 16.9 Å². The molecule has 2 fully saturated rings. The second-order valence-electron chi connectivity index (χ2n) is 9.54. The van der Waals surface area contributed by atoms with Crippen LogP contribution in [0.5, 0.6) is 5.75 Å². The predicted molar refractivity (Wildman–Crippen MR) is 139 cm³/mol. The fourth-order valence-electron chi connectivity index (χ4n) is 5.00. The summed E-state index contributed by atoms with van der Waals surface area (Å²) in [4.78, 5) is 32.3. The Morgan fingerprint density at radius 2 is 1.97 bits per heavy atom. The van der Waals surface area contributed by atoms with Gasteiger partial charge in [0.2, 0.25) is 5.91 Å². The van der Waals surface area contributed by atoms with E-state index < -0.39 is 0 Å². The molecule has 2 aliphatic rings. The Morgan fingerprint density at radius 3 is 2.75 bits per heavy atom. The minimum atomic E-state index is -0.268. The van der Waals surface area contributed by atoms with Crippen molar-refractivity contribution >= 4 is 34.0 Å². The minimum Gasteiger partial charge on any atom is -0.494 e. The number of pyridine rings is 2. The average molecular weight is 485 g/mol. The molecule has 0 aliphatic heterocycles. The van der Waals surface area contributed by atoms with Crippen molar-refractivity contribution in [3.63, 3.8) is 0 Å². The SMILES string of the molecule is COc1c(Nc2cc(NC(=O)C3CC3)nc3cc[nH]c(=O)c23)cccc1-c1cnn(C2CCCC2)c1. The molecule has 0 saturated heterocycles. The highest BCUT2D eigenvalue weighted by atomic mass is 16.5. The highest BCUT2D eigenvalue weighted by molar-refractivity contribution is 5.99.